The Morgan fingerprint density at radius 3 is 2.15 bits per heavy atom. The van der Waals surface area contributed by atoms with Gasteiger partial charge in [0.05, 0.1) is 17.4 Å². The minimum atomic E-state index is -4.38. The molecule has 2 amide bonds. The highest BCUT2D eigenvalue weighted by atomic mass is 19.4. The van der Waals surface area contributed by atoms with E-state index in [9.17, 15) is 22.8 Å². The summed E-state index contributed by atoms with van der Waals surface area (Å²) in [4.78, 5) is 27.7. The van der Waals surface area contributed by atoms with Crippen LogP contribution in [-0.4, -0.2) is 47.8 Å². The van der Waals surface area contributed by atoms with Gasteiger partial charge in [0.2, 0.25) is 5.91 Å². The van der Waals surface area contributed by atoms with Crippen molar-refractivity contribution >= 4 is 17.9 Å². The predicted octanol–water partition coefficient (Wildman–Crippen LogP) is 3.30. The molecular formula is C19H17F3N2O3. The largest absolute Gasteiger partial charge is 0.472 e. The Bertz CT molecular complexity index is 819. The third-order valence-corrected chi connectivity index (χ3v) is 4.30. The van der Waals surface area contributed by atoms with Crippen molar-refractivity contribution in [3.05, 3.63) is 65.6 Å². The van der Waals surface area contributed by atoms with E-state index in [0.29, 0.717) is 37.3 Å². The van der Waals surface area contributed by atoms with Gasteiger partial charge in [-0.05, 0) is 29.8 Å². The zero-order chi connectivity index (χ0) is 19.4. The number of nitrogens with zero attached hydrogens (tertiary/aromatic N) is 2. The van der Waals surface area contributed by atoms with E-state index in [-0.39, 0.29) is 11.8 Å². The molecule has 1 saturated heterocycles. The quantitative estimate of drug-likeness (QED) is 0.770. The van der Waals surface area contributed by atoms with Crippen LogP contribution in [0.15, 0.2) is 53.4 Å². The Kier molecular flexibility index (Phi) is 5.34. The van der Waals surface area contributed by atoms with Gasteiger partial charge in [-0.2, -0.15) is 13.2 Å². The molecule has 0 saturated carbocycles. The molecule has 1 aromatic heterocycles. The number of rotatable bonds is 3. The van der Waals surface area contributed by atoms with E-state index >= 15 is 0 Å². The lowest BCUT2D eigenvalue weighted by atomic mass is 10.1. The van der Waals surface area contributed by atoms with Crippen molar-refractivity contribution in [3.63, 3.8) is 0 Å². The highest BCUT2D eigenvalue weighted by molar-refractivity contribution is 5.94. The van der Waals surface area contributed by atoms with Crippen LogP contribution in [-0.2, 0) is 11.0 Å². The zero-order valence-corrected chi connectivity index (χ0v) is 14.3. The average molecular weight is 378 g/mol. The molecule has 2 aromatic rings. The Morgan fingerprint density at radius 1 is 0.963 bits per heavy atom. The lowest BCUT2D eigenvalue weighted by molar-refractivity contribution is -0.137. The molecule has 1 aliphatic rings. The third-order valence-electron chi connectivity index (χ3n) is 4.30. The molecule has 0 N–H and O–H groups in total. The summed E-state index contributed by atoms with van der Waals surface area (Å²) in [6.07, 6.45) is 1.24. The van der Waals surface area contributed by atoms with Gasteiger partial charge in [-0.1, -0.05) is 12.1 Å². The molecule has 0 spiro atoms. The standard InChI is InChI=1S/C19H17F3N2O3/c20-19(21,22)16-4-1-14(2-5-16)3-6-17(25)23-8-10-24(11-9-23)18(26)15-7-12-27-13-15/h1-7,12-13H,8-11H2/b6-3+. The second-order valence-electron chi connectivity index (χ2n) is 6.08. The number of furan rings is 1. The Hall–Kier alpha value is -3.03. The first kappa shape index (κ1) is 18.8. The number of carbonyl (C=O) groups excluding carboxylic acids is 2. The van der Waals surface area contributed by atoms with Crippen molar-refractivity contribution in [3.8, 4) is 0 Å². The van der Waals surface area contributed by atoms with Crippen LogP contribution in [0.1, 0.15) is 21.5 Å². The number of amides is 2. The maximum absolute atomic E-state index is 12.5. The fraction of sp³-hybridized carbons (Fsp3) is 0.263. The summed E-state index contributed by atoms with van der Waals surface area (Å²) in [6.45, 7) is 1.59. The molecule has 1 fully saturated rings. The van der Waals surface area contributed by atoms with E-state index in [0.717, 1.165) is 12.1 Å². The lowest BCUT2D eigenvalue weighted by Gasteiger charge is -2.34. The molecule has 0 aliphatic carbocycles. The van der Waals surface area contributed by atoms with E-state index in [2.05, 4.69) is 0 Å². The maximum Gasteiger partial charge on any atom is 0.416 e. The Morgan fingerprint density at radius 2 is 1.59 bits per heavy atom. The Labute approximate surface area is 153 Å². The van der Waals surface area contributed by atoms with E-state index < -0.39 is 11.7 Å². The molecule has 1 aromatic carbocycles. The normalized spacial score (nSPS) is 15.4. The molecule has 1 aliphatic heterocycles. The Balaban J connectivity index is 1.53. The molecule has 142 valence electrons. The molecule has 27 heavy (non-hydrogen) atoms. The molecule has 5 nitrogen and oxygen atoms in total. The maximum atomic E-state index is 12.5. The summed E-state index contributed by atoms with van der Waals surface area (Å²) >= 11 is 0. The summed E-state index contributed by atoms with van der Waals surface area (Å²) < 4.78 is 42.5. The van der Waals surface area contributed by atoms with Gasteiger partial charge in [0.15, 0.2) is 0 Å². The second kappa shape index (κ2) is 7.69. The fourth-order valence-electron chi connectivity index (χ4n) is 2.75. The minimum absolute atomic E-state index is 0.142. The third kappa shape index (κ3) is 4.58. The molecule has 0 bridgehead atoms. The highest BCUT2D eigenvalue weighted by Gasteiger charge is 2.29. The monoisotopic (exact) mass is 378 g/mol. The van der Waals surface area contributed by atoms with Crippen molar-refractivity contribution < 1.29 is 27.2 Å². The first-order chi connectivity index (χ1) is 12.8. The van der Waals surface area contributed by atoms with Crippen LogP contribution in [0.25, 0.3) is 6.08 Å². The van der Waals surface area contributed by atoms with Gasteiger partial charge in [0.1, 0.15) is 6.26 Å². The summed E-state index contributed by atoms with van der Waals surface area (Å²) in [5.74, 6) is -0.388. The van der Waals surface area contributed by atoms with Gasteiger partial charge in [0.25, 0.3) is 5.91 Å². The predicted molar refractivity (Wildman–Crippen MR) is 91.7 cm³/mol. The number of hydrogen-bond acceptors (Lipinski definition) is 3. The van der Waals surface area contributed by atoms with Crippen molar-refractivity contribution in [1.82, 2.24) is 9.80 Å². The number of hydrogen-bond donors (Lipinski definition) is 0. The highest BCUT2D eigenvalue weighted by Crippen LogP contribution is 2.29. The van der Waals surface area contributed by atoms with Crippen LogP contribution < -0.4 is 0 Å². The van der Waals surface area contributed by atoms with E-state index in [1.54, 1.807) is 15.9 Å². The average Bonchev–Trinajstić information content (AvgIpc) is 3.20. The van der Waals surface area contributed by atoms with Crippen LogP contribution in [0.2, 0.25) is 0 Å². The number of alkyl halides is 3. The van der Waals surface area contributed by atoms with Gasteiger partial charge >= 0.3 is 6.18 Å². The molecule has 0 unspecified atom stereocenters. The van der Waals surface area contributed by atoms with Crippen molar-refractivity contribution in [2.75, 3.05) is 26.2 Å². The number of halogens is 3. The summed E-state index contributed by atoms with van der Waals surface area (Å²) in [5, 5.41) is 0. The fourth-order valence-corrected chi connectivity index (χ4v) is 2.75. The zero-order valence-electron chi connectivity index (χ0n) is 14.3. The van der Waals surface area contributed by atoms with Crippen LogP contribution in [0.4, 0.5) is 13.2 Å². The first-order valence-corrected chi connectivity index (χ1v) is 8.30. The van der Waals surface area contributed by atoms with Gasteiger partial charge in [0, 0.05) is 32.3 Å². The van der Waals surface area contributed by atoms with Gasteiger partial charge < -0.3 is 14.2 Å². The molecule has 0 atom stereocenters. The van der Waals surface area contributed by atoms with Crippen molar-refractivity contribution in [2.24, 2.45) is 0 Å². The van der Waals surface area contributed by atoms with Crippen LogP contribution in [0.5, 0.6) is 0 Å². The lowest BCUT2D eigenvalue weighted by Crippen LogP contribution is -2.50. The summed E-state index contributed by atoms with van der Waals surface area (Å²) in [5.41, 5.74) is 0.242. The van der Waals surface area contributed by atoms with E-state index in [1.165, 1.54) is 36.8 Å². The number of benzene rings is 1. The summed E-state index contributed by atoms with van der Waals surface area (Å²) in [6, 6.07) is 6.17. The molecule has 2 heterocycles. The van der Waals surface area contributed by atoms with E-state index in [1.807, 2.05) is 0 Å². The van der Waals surface area contributed by atoms with Gasteiger partial charge in [-0.25, -0.2) is 0 Å². The van der Waals surface area contributed by atoms with Gasteiger partial charge in [-0.3, -0.25) is 9.59 Å². The topological polar surface area (TPSA) is 53.8 Å². The van der Waals surface area contributed by atoms with Crippen LogP contribution in [0.3, 0.4) is 0 Å². The van der Waals surface area contributed by atoms with Gasteiger partial charge in [-0.15, -0.1) is 0 Å². The smallest absolute Gasteiger partial charge is 0.416 e. The van der Waals surface area contributed by atoms with Crippen molar-refractivity contribution in [2.45, 2.75) is 6.18 Å². The number of piperazine rings is 1. The van der Waals surface area contributed by atoms with Crippen molar-refractivity contribution in [1.29, 1.82) is 0 Å². The van der Waals surface area contributed by atoms with E-state index in [4.69, 9.17) is 4.42 Å². The molecule has 0 radical (unpaired) electrons. The van der Waals surface area contributed by atoms with Crippen LogP contribution in [0, 0.1) is 0 Å². The second-order valence-corrected chi connectivity index (χ2v) is 6.08. The number of carbonyl (C=O) groups is 2. The molecule has 8 heteroatoms. The summed E-state index contributed by atoms with van der Waals surface area (Å²) in [7, 11) is 0. The SMILES string of the molecule is O=C(/C=C/c1ccc(C(F)(F)F)cc1)N1CCN(C(=O)c2ccoc2)CC1. The van der Waals surface area contributed by atoms with Crippen LogP contribution >= 0.6 is 0 Å². The minimum Gasteiger partial charge on any atom is -0.472 e. The molecular weight excluding hydrogens is 361 g/mol. The molecule has 3 rings (SSSR count). The first-order valence-electron chi connectivity index (χ1n) is 8.30.